The van der Waals surface area contributed by atoms with Gasteiger partial charge < -0.3 is 15.5 Å². The van der Waals surface area contributed by atoms with Crippen molar-refractivity contribution in [1.29, 1.82) is 0 Å². The first-order valence-electron chi connectivity index (χ1n) is 10.3. The molecule has 0 spiro atoms. The summed E-state index contributed by atoms with van der Waals surface area (Å²) in [5.74, 6) is -1.40. The molecule has 1 saturated heterocycles. The number of amides is 3. The number of nitrogens with one attached hydrogen (secondary N) is 2. The highest BCUT2D eigenvalue weighted by atomic mass is 19.4. The normalized spacial score (nSPS) is 19.4. The molecule has 0 saturated carbocycles. The van der Waals surface area contributed by atoms with E-state index in [0.717, 1.165) is 28.9 Å². The summed E-state index contributed by atoms with van der Waals surface area (Å²) in [6.07, 6.45) is -3.54. The zero-order valence-corrected chi connectivity index (χ0v) is 17.3. The molecular formula is C23H22F3N3O3. The van der Waals surface area contributed by atoms with Gasteiger partial charge in [-0.05, 0) is 48.7 Å². The number of halogens is 3. The fraction of sp³-hybridized carbons (Fsp3) is 0.348. The number of fused-ring (bicyclic) bond motifs is 1. The highest BCUT2D eigenvalue weighted by molar-refractivity contribution is 6.00. The molecule has 3 amide bonds. The Kier molecular flexibility index (Phi) is 5.66. The summed E-state index contributed by atoms with van der Waals surface area (Å²) in [6.45, 7) is 1.84. The van der Waals surface area contributed by atoms with Gasteiger partial charge in [0.15, 0.2) is 0 Å². The Morgan fingerprint density at radius 3 is 2.69 bits per heavy atom. The third-order valence-electron chi connectivity index (χ3n) is 5.86. The standard InChI is InChI=1S/C23H22F3N3O3/c1-13(14-5-7-19-15(9-14)6-8-20(30)28-19)27-22(32)16-10-21(31)29(12-16)18-4-2-3-17(11-18)23(24,25)26/h2-5,7,9,11,13,16H,6,8,10,12H2,1H3,(H,27,32)(H,28,30)/t13-,16+/m0/s1. The molecule has 2 heterocycles. The van der Waals surface area contributed by atoms with E-state index in [9.17, 15) is 27.6 Å². The van der Waals surface area contributed by atoms with E-state index in [-0.39, 0.29) is 42.4 Å². The van der Waals surface area contributed by atoms with Crippen molar-refractivity contribution in [3.63, 3.8) is 0 Å². The highest BCUT2D eigenvalue weighted by Gasteiger charge is 2.37. The second kappa shape index (κ2) is 8.29. The van der Waals surface area contributed by atoms with Crippen molar-refractivity contribution < 1.29 is 27.6 Å². The minimum Gasteiger partial charge on any atom is -0.349 e. The molecule has 6 nitrogen and oxygen atoms in total. The number of carbonyl (C=O) groups is 3. The number of alkyl halides is 3. The Morgan fingerprint density at radius 2 is 1.94 bits per heavy atom. The molecule has 0 aliphatic carbocycles. The van der Waals surface area contributed by atoms with Crippen molar-refractivity contribution in [2.45, 2.75) is 38.4 Å². The van der Waals surface area contributed by atoms with Gasteiger partial charge in [0.25, 0.3) is 0 Å². The van der Waals surface area contributed by atoms with E-state index in [1.54, 1.807) is 6.07 Å². The van der Waals surface area contributed by atoms with Gasteiger partial charge in [-0.25, -0.2) is 0 Å². The third-order valence-corrected chi connectivity index (χ3v) is 5.86. The van der Waals surface area contributed by atoms with E-state index in [2.05, 4.69) is 10.6 Å². The number of hydrogen-bond donors (Lipinski definition) is 2. The predicted octanol–water partition coefficient (Wildman–Crippen LogP) is 3.82. The summed E-state index contributed by atoms with van der Waals surface area (Å²) in [6, 6.07) is 9.79. The molecule has 9 heteroatoms. The maximum absolute atomic E-state index is 13.0. The molecular weight excluding hydrogens is 423 g/mol. The number of carbonyl (C=O) groups excluding carboxylic acids is 3. The van der Waals surface area contributed by atoms with Crippen LogP contribution in [0.2, 0.25) is 0 Å². The van der Waals surface area contributed by atoms with E-state index in [1.807, 2.05) is 19.1 Å². The fourth-order valence-corrected chi connectivity index (χ4v) is 4.07. The predicted molar refractivity (Wildman–Crippen MR) is 112 cm³/mol. The smallest absolute Gasteiger partial charge is 0.349 e. The molecule has 32 heavy (non-hydrogen) atoms. The van der Waals surface area contributed by atoms with Crippen molar-refractivity contribution in [2.24, 2.45) is 5.92 Å². The highest BCUT2D eigenvalue weighted by Crippen LogP contribution is 2.34. The van der Waals surface area contributed by atoms with Gasteiger partial charge in [-0.15, -0.1) is 0 Å². The molecule has 168 valence electrons. The van der Waals surface area contributed by atoms with Crippen LogP contribution in [0.4, 0.5) is 24.5 Å². The van der Waals surface area contributed by atoms with E-state index in [4.69, 9.17) is 0 Å². The molecule has 2 aromatic carbocycles. The van der Waals surface area contributed by atoms with Crippen LogP contribution in [0.5, 0.6) is 0 Å². The Bertz CT molecular complexity index is 1080. The molecule has 2 N–H and O–H groups in total. The van der Waals surface area contributed by atoms with Crippen LogP contribution in [0.1, 0.15) is 42.5 Å². The Balaban J connectivity index is 1.42. The lowest BCUT2D eigenvalue weighted by molar-refractivity contribution is -0.137. The van der Waals surface area contributed by atoms with Gasteiger partial charge in [-0.1, -0.05) is 18.2 Å². The van der Waals surface area contributed by atoms with Crippen molar-refractivity contribution in [3.8, 4) is 0 Å². The largest absolute Gasteiger partial charge is 0.416 e. The second-order valence-electron chi connectivity index (χ2n) is 8.15. The van der Waals surface area contributed by atoms with Crippen LogP contribution < -0.4 is 15.5 Å². The van der Waals surface area contributed by atoms with Crippen LogP contribution in [0.15, 0.2) is 42.5 Å². The Morgan fingerprint density at radius 1 is 1.16 bits per heavy atom. The number of nitrogens with zero attached hydrogens (tertiary/aromatic N) is 1. The molecule has 1 fully saturated rings. The third kappa shape index (κ3) is 4.46. The Hall–Kier alpha value is -3.36. The monoisotopic (exact) mass is 445 g/mol. The maximum Gasteiger partial charge on any atom is 0.416 e. The summed E-state index contributed by atoms with van der Waals surface area (Å²) in [5.41, 5.74) is 1.92. The number of anilines is 2. The zero-order valence-electron chi connectivity index (χ0n) is 17.3. The van der Waals surface area contributed by atoms with Crippen molar-refractivity contribution in [2.75, 3.05) is 16.8 Å². The molecule has 2 aromatic rings. The van der Waals surface area contributed by atoms with E-state index in [1.165, 1.54) is 17.0 Å². The average Bonchev–Trinajstić information content (AvgIpc) is 3.14. The van der Waals surface area contributed by atoms with Gasteiger partial charge in [-0.3, -0.25) is 14.4 Å². The number of hydrogen-bond acceptors (Lipinski definition) is 3. The first-order chi connectivity index (χ1) is 15.1. The summed E-state index contributed by atoms with van der Waals surface area (Å²) in [5, 5.41) is 5.71. The van der Waals surface area contributed by atoms with Crippen molar-refractivity contribution in [1.82, 2.24) is 5.32 Å². The van der Waals surface area contributed by atoms with Crippen LogP contribution in [0.3, 0.4) is 0 Å². The fourth-order valence-electron chi connectivity index (χ4n) is 4.07. The van der Waals surface area contributed by atoms with Crippen LogP contribution in [0.25, 0.3) is 0 Å². The molecule has 2 atom stereocenters. The van der Waals surface area contributed by atoms with Gasteiger partial charge in [0.2, 0.25) is 17.7 Å². The van der Waals surface area contributed by atoms with Crippen LogP contribution in [-0.2, 0) is 27.0 Å². The second-order valence-corrected chi connectivity index (χ2v) is 8.15. The molecule has 0 unspecified atom stereocenters. The van der Waals surface area contributed by atoms with E-state index >= 15 is 0 Å². The van der Waals surface area contributed by atoms with Gasteiger partial charge in [0, 0.05) is 30.8 Å². The minimum atomic E-state index is -4.51. The Labute approximate surface area is 182 Å². The van der Waals surface area contributed by atoms with Crippen LogP contribution >= 0.6 is 0 Å². The van der Waals surface area contributed by atoms with Gasteiger partial charge in [-0.2, -0.15) is 13.2 Å². The SMILES string of the molecule is C[C@H](NC(=O)[C@@H]1CC(=O)N(c2cccc(C(F)(F)F)c2)C1)c1ccc2c(c1)CCC(=O)N2. The number of rotatable bonds is 4. The van der Waals surface area contributed by atoms with Crippen LogP contribution in [0, 0.1) is 5.92 Å². The summed E-state index contributed by atoms with van der Waals surface area (Å²) in [7, 11) is 0. The number of aryl methyl sites for hydroxylation is 1. The molecule has 2 aliphatic heterocycles. The average molecular weight is 445 g/mol. The topological polar surface area (TPSA) is 78.5 Å². The molecule has 0 bridgehead atoms. The zero-order chi connectivity index (χ0) is 23.0. The molecule has 4 rings (SSSR count). The van der Waals surface area contributed by atoms with E-state index < -0.39 is 17.7 Å². The van der Waals surface area contributed by atoms with Gasteiger partial charge in [0.1, 0.15) is 0 Å². The molecule has 2 aliphatic rings. The quantitative estimate of drug-likeness (QED) is 0.751. The molecule has 0 radical (unpaired) electrons. The summed E-state index contributed by atoms with van der Waals surface area (Å²) >= 11 is 0. The van der Waals surface area contributed by atoms with Crippen molar-refractivity contribution in [3.05, 3.63) is 59.2 Å². The van der Waals surface area contributed by atoms with E-state index in [0.29, 0.717) is 12.8 Å². The maximum atomic E-state index is 13.0. The van der Waals surface area contributed by atoms with Crippen LogP contribution in [-0.4, -0.2) is 24.3 Å². The summed E-state index contributed by atoms with van der Waals surface area (Å²) in [4.78, 5) is 37.9. The van der Waals surface area contributed by atoms with Gasteiger partial charge >= 0.3 is 6.18 Å². The lowest BCUT2D eigenvalue weighted by Gasteiger charge is -2.22. The van der Waals surface area contributed by atoms with Crippen molar-refractivity contribution >= 4 is 29.1 Å². The summed E-state index contributed by atoms with van der Waals surface area (Å²) < 4.78 is 39.0. The number of benzene rings is 2. The van der Waals surface area contributed by atoms with Gasteiger partial charge in [0.05, 0.1) is 17.5 Å². The molecule has 0 aromatic heterocycles. The first kappa shape index (κ1) is 21.9. The first-order valence-corrected chi connectivity index (χ1v) is 10.3. The lowest BCUT2D eigenvalue weighted by atomic mass is 9.97. The lowest BCUT2D eigenvalue weighted by Crippen LogP contribution is -2.34. The minimum absolute atomic E-state index is 0.0227.